The van der Waals surface area contributed by atoms with E-state index in [9.17, 15) is 4.39 Å². The van der Waals surface area contributed by atoms with E-state index in [1.807, 2.05) is 24.3 Å². The highest BCUT2D eigenvalue weighted by molar-refractivity contribution is 6.35. The first-order valence-corrected chi connectivity index (χ1v) is 10.5. The zero-order valence-corrected chi connectivity index (χ0v) is 18.1. The molecule has 3 nitrogen and oxygen atoms in total. The Morgan fingerprint density at radius 3 is 2.28 bits per heavy atom. The largest absolute Gasteiger partial charge is 0.312 e. The summed E-state index contributed by atoms with van der Waals surface area (Å²) >= 11 is 12.7. The first kappa shape index (κ1) is 20.4. The fraction of sp³-hybridized carbons (Fsp3) is 0.304. The third-order valence-electron chi connectivity index (χ3n) is 5.63. The van der Waals surface area contributed by atoms with Crippen LogP contribution in [-0.2, 0) is 6.54 Å². The van der Waals surface area contributed by atoms with Gasteiger partial charge < -0.3 is 9.47 Å². The molecule has 1 aromatic heterocycles. The van der Waals surface area contributed by atoms with E-state index in [-0.39, 0.29) is 5.82 Å². The van der Waals surface area contributed by atoms with Crippen molar-refractivity contribution in [2.45, 2.75) is 13.5 Å². The molecule has 1 aliphatic heterocycles. The fourth-order valence-corrected chi connectivity index (χ4v) is 4.36. The van der Waals surface area contributed by atoms with Crippen LogP contribution in [0.15, 0.2) is 48.5 Å². The molecule has 0 atom stereocenters. The van der Waals surface area contributed by atoms with Crippen LogP contribution in [0.3, 0.4) is 0 Å². The Morgan fingerprint density at radius 2 is 1.62 bits per heavy atom. The quantitative estimate of drug-likeness (QED) is 0.528. The summed E-state index contributed by atoms with van der Waals surface area (Å²) in [6, 6.07) is 14.3. The fourth-order valence-electron chi connectivity index (χ4n) is 3.87. The summed E-state index contributed by atoms with van der Waals surface area (Å²) in [6.07, 6.45) is 0. The molecule has 29 heavy (non-hydrogen) atoms. The molecule has 1 saturated heterocycles. The smallest absolute Gasteiger partial charge is 0.123 e. The number of hydrogen-bond donors (Lipinski definition) is 0. The van der Waals surface area contributed by atoms with E-state index in [1.165, 1.54) is 17.7 Å². The van der Waals surface area contributed by atoms with Crippen LogP contribution in [0.5, 0.6) is 0 Å². The molecule has 0 saturated carbocycles. The van der Waals surface area contributed by atoms with Gasteiger partial charge in [0.2, 0.25) is 0 Å². The number of nitrogens with zero attached hydrogens (tertiary/aromatic N) is 3. The van der Waals surface area contributed by atoms with Gasteiger partial charge in [-0.15, -0.1) is 0 Å². The highest BCUT2D eigenvalue weighted by Crippen LogP contribution is 2.34. The Hall–Kier alpha value is -1.85. The second-order valence-electron chi connectivity index (χ2n) is 7.66. The van der Waals surface area contributed by atoms with E-state index >= 15 is 0 Å². The van der Waals surface area contributed by atoms with Gasteiger partial charge in [-0.2, -0.15) is 0 Å². The van der Waals surface area contributed by atoms with Gasteiger partial charge in [0.05, 0.1) is 16.4 Å². The van der Waals surface area contributed by atoms with Gasteiger partial charge in [0, 0.05) is 43.4 Å². The number of rotatable bonds is 4. The summed E-state index contributed by atoms with van der Waals surface area (Å²) in [5.74, 6) is -0.245. The van der Waals surface area contributed by atoms with Crippen LogP contribution < -0.4 is 0 Å². The molecule has 4 rings (SSSR count). The minimum absolute atomic E-state index is 0.245. The molecule has 0 unspecified atom stereocenters. The lowest BCUT2D eigenvalue weighted by atomic mass is 10.1. The standard InChI is InChI=1S/C23H24Cl2FN3/c1-16-18(15-28-11-9-27(2)10-12-28)13-23(17-3-6-20(26)7-4-17)29(16)22-8-5-19(24)14-21(22)25/h3-8,13-14H,9-12,15H2,1-2H3. The van der Waals surface area contributed by atoms with Gasteiger partial charge in [-0.1, -0.05) is 23.2 Å². The van der Waals surface area contributed by atoms with Gasteiger partial charge in [-0.05, 0) is 73.6 Å². The molecule has 2 aromatic carbocycles. The van der Waals surface area contributed by atoms with Gasteiger partial charge in [-0.25, -0.2) is 4.39 Å². The van der Waals surface area contributed by atoms with Crippen molar-refractivity contribution in [2.75, 3.05) is 33.2 Å². The Kier molecular flexibility index (Phi) is 5.98. The Balaban J connectivity index is 1.79. The molecule has 3 aromatic rings. The predicted molar refractivity (Wildman–Crippen MR) is 119 cm³/mol. The summed E-state index contributed by atoms with van der Waals surface area (Å²) < 4.78 is 15.7. The molecule has 0 bridgehead atoms. The van der Waals surface area contributed by atoms with Crippen LogP contribution in [0.2, 0.25) is 10.0 Å². The predicted octanol–water partition coefficient (Wildman–Crippen LogP) is 5.65. The number of halogens is 3. The topological polar surface area (TPSA) is 11.4 Å². The lowest BCUT2D eigenvalue weighted by molar-refractivity contribution is 0.148. The molecule has 0 aliphatic carbocycles. The van der Waals surface area contributed by atoms with Crippen molar-refractivity contribution in [3.63, 3.8) is 0 Å². The maximum atomic E-state index is 13.5. The molecule has 6 heteroatoms. The van der Waals surface area contributed by atoms with Crippen molar-refractivity contribution in [2.24, 2.45) is 0 Å². The number of likely N-dealkylation sites (N-methyl/N-ethyl adjacent to an activating group) is 1. The van der Waals surface area contributed by atoms with Gasteiger partial charge >= 0.3 is 0 Å². The summed E-state index contributed by atoms with van der Waals surface area (Å²) in [6.45, 7) is 7.25. The van der Waals surface area contributed by atoms with E-state index in [4.69, 9.17) is 23.2 Å². The van der Waals surface area contributed by atoms with Gasteiger partial charge in [-0.3, -0.25) is 4.90 Å². The lowest BCUT2D eigenvalue weighted by Crippen LogP contribution is -2.43. The highest BCUT2D eigenvalue weighted by atomic mass is 35.5. The van der Waals surface area contributed by atoms with Crippen molar-refractivity contribution in [3.05, 3.63) is 75.7 Å². The second kappa shape index (κ2) is 8.49. The van der Waals surface area contributed by atoms with Crippen molar-refractivity contribution in [1.29, 1.82) is 0 Å². The molecular formula is C23H24Cl2FN3. The van der Waals surface area contributed by atoms with Crippen LogP contribution in [-0.4, -0.2) is 47.6 Å². The molecule has 152 valence electrons. The van der Waals surface area contributed by atoms with Crippen LogP contribution in [0.4, 0.5) is 4.39 Å². The summed E-state index contributed by atoms with van der Waals surface area (Å²) in [5.41, 5.74) is 5.20. The zero-order valence-electron chi connectivity index (χ0n) is 16.6. The Bertz CT molecular complexity index is 1010. The molecule has 0 amide bonds. The first-order chi connectivity index (χ1) is 13.9. The average Bonchev–Trinajstić information content (AvgIpc) is 3.00. The zero-order chi connectivity index (χ0) is 20.5. The van der Waals surface area contributed by atoms with E-state index in [2.05, 4.69) is 34.4 Å². The third-order valence-corrected chi connectivity index (χ3v) is 6.17. The van der Waals surface area contributed by atoms with Gasteiger partial charge in [0.1, 0.15) is 5.82 Å². The number of benzene rings is 2. The third kappa shape index (κ3) is 4.36. The number of piperazine rings is 1. The van der Waals surface area contributed by atoms with Crippen molar-refractivity contribution >= 4 is 23.2 Å². The molecule has 0 radical (unpaired) electrons. The van der Waals surface area contributed by atoms with E-state index < -0.39 is 0 Å². The summed E-state index contributed by atoms with van der Waals surface area (Å²) in [4.78, 5) is 4.83. The van der Waals surface area contributed by atoms with Crippen LogP contribution in [0, 0.1) is 12.7 Å². The van der Waals surface area contributed by atoms with Crippen molar-refractivity contribution in [1.82, 2.24) is 14.4 Å². The van der Waals surface area contributed by atoms with Gasteiger partial charge in [0.25, 0.3) is 0 Å². The monoisotopic (exact) mass is 431 g/mol. The molecule has 2 heterocycles. The molecule has 1 fully saturated rings. The highest BCUT2D eigenvalue weighted by Gasteiger charge is 2.20. The second-order valence-corrected chi connectivity index (χ2v) is 8.50. The molecule has 0 spiro atoms. The van der Waals surface area contributed by atoms with Crippen LogP contribution >= 0.6 is 23.2 Å². The minimum atomic E-state index is -0.245. The normalized spacial score (nSPS) is 15.8. The summed E-state index contributed by atoms with van der Waals surface area (Å²) in [7, 11) is 2.16. The Labute approximate surface area is 181 Å². The number of hydrogen-bond acceptors (Lipinski definition) is 2. The maximum absolute atomic E-state index is 13.5. The van der Waals surface area contributed by atoms with Crippen LogP contribution in [0.25, 0.3) is 16.9 Å². The van der Waals surface area contributed by atoms with E-state index in [0.717, 1.165) is 55.4 Å². The van der Waals surface area contributed by atoms with E-state index in [0.29, 0.717) is 10.0 Å². The lowest BCUT2D eigenvalue weighted by Gasteiger charge is -2.32. The molecular weight excluding hydrogens is 408 g/mol. The van der Waals surface area contributed by atoms with Crippen LogP contribution in [0.1, 0.15) is 11.3 Å². The summed E-state index contributed by atoms with van der Waals surface area (Å²) in [5, 5.41) is 1.19. The molecule has 1 aliphatic rings. The molecule has 0 N–H and O–H groups in total. The van der Waals surface area contributed by atoms with Crippen molar-refractivity contribution in [3.8, 4) is 16.9 Å². The number of aromatic nitrogens is 1. The maximum Gasteiger partial charge on any atom is 0.123 e. The Morgan fingerprint density at radius 1 is 0.931 bits per heavy atom. The SMILES string of the molecule is Cc1c(CN2CCN(C)CC2)cc(-c2ccc(F)cc2)n1-c1ccc(Cl)cc1Cl. The minimum Gasteiger partial charge on any atom is -0.312 e. The van der Waals surface area contributed by atoms with Gasteiger partial charge in [0.15, 0.2) is 0 Å². The van der Waals surface area contributed by atoms with E-state index in [1.54, 1.807) is 6.07 Å². The average molecular weight is 432 g/mol. The van der Waals surface area contributed by atoms with Crippen molar-refractivity contribution < 1.29 is 4.39 Å². The first-order valence-electron chi connectivity index (χ1n) is 9.76.